The van der Waals surface area contributed by atoms with Crippen LogP contribution in [0.3, 0.4) is 0 Å². The average Bonchev–Trinajstić information content (AvgIpc) is 3.66. The topological polar surface area (TPSA) is 82.0 Å². The summed E-state index contributed by atoms with van der Waals surface area (Å²) in [6, 6.07) is 17.9. The Morgan fingerprint density at radius 2 is 1.75 bits per heavy atom. The summed E-state index contributed by atoms with van der Waals surface area (Å²) < 4.78 is 6.10. The molecular formula is C32H31N7O. The lowest BCUT2D eigenvalue weighted by atomic mass is 9.85. The summed E-state index contributed by atoms with van der Waals surface area (Å²) in [5, 5.41) is 3.13. The van der Waals surface area contributed by atoms with E-state index < -0.39 is 0 Å². The maximum Gasteiger partial charge on any atom is 0.255 e. The number of fused-ring (bicyclic) bond motifs is 1. The van der Waals surface area contributed by atoms with Gasteiger partial charge in [0, 0.05) is 59.6 Å². The van der Waals surface area contributed by atoms with Gasteiger partial charge in [0.2, 0.25) is 0 Å². The molecule has 1 N–H and O–H groups in total. The molecule has 8 heteroatoms. The summed E-state index contributed by atoms with van der Waals surface area (Å²) in [4.78, 5) is 26.8. The minimum absolute atomic E-state index is 0.132. The van der Waals surface area contributed by atoms with Crippen LogP contribution in [-0.2, 0) is 5.41 Å². The van der Waals surface area contributed by atoms with Crippen molar-refractivity contribution in [1.29, 1.82) is 0 Å². The molecular weight excluding hydrogens is 498 g/mol. The number of hydrogen-bond acceptors (Lipinski definition) is 4. The second-order valence-electron chi connectivity index (χ2n) is 11.0. The lowest BCUT2D eigenvalue weighted by Crippen LogP contribution is -2.17. The van der Waals surface area contributed by atoms with E-state index >= 15 is 0 Å². The molecule has 200 valence electrons. The van der Waals surface area contributed by atoms with E-state index in [4.69, 9.17) is 0 Å². The second-order valence-corrected chi connectivity index (χ2v) is 11.0. The van der Waals surface area contributed by atoms with E-state index in [2.05, 4.69) is 63.2 Å². The maximum atomic E-state index is 13.6. The Bertz CT molecular complexity index is 1850. The van der Waals surface area contributed by atoms with Gasteiger partial charge >= 0.3 is 0 Å². The number of amides is 1. The van der Waals surface area contributed by atoms with Gasteiger partial charge in [-0.2, -0.15) is 0 Å². The molecule has 0 atom stereocenters. The fourth-order valence-corrected chi connectivity index (χ4v) is 4.91. The first-order valence-electron chi connectivity index (χ1n) is 13.2. The highest BCUT2D eigenvalue weighted by Crippen LogP contribution is 2.29. The Kier molecular flexibility index (Phi) is 6.10. The molecule has 0 aliphatic rings. The number of pyridine rings is 1. The second kappa shape index (κ2) is 9.64. The van der Waals surface area contributed by atoms with Crippen molar-refractivity contribution in [2.75, 3.05) is 5.32 Å². The van der Waals surface area contributed by atoms with E-state index in [1.807, 2.05) is 84.8 Å². The minimum Gasteiger partial charge on any atom is -0.322 e. The number of carbonyl (C=O) groups is 1. The van der Waals surface area contributed by atoms with Gasteiger partial charge in [-0.3, -0.25) is 14.5 Å². The molecule has 0 spiro atoms. The van der Waals surface area contributed by atoms with Gasteiger partial charge in [0.1, 0.15) is 5.82 Å². The molecule has 40 heavy (non-hydrogen) atoms. The van der Waals surface area contributed by atoms with E-state index in [1.165, 1.54) is 0 Å². The number of rotatable bonds is 5. The van der Waals surface area contributed by atoms with Crippen molar-refractivity contribution in [2.24, 2.45) is 0 Å². The van der Waals surface area contributed by atoms with Crippen LogP contribution >= 0.6 is 0 Å². The van der Waals surface area contributed by atoms with Crippen LogP contribution in [0.5, 0.6) is 0 Å². The van der Waals surface area contributed by atoms with E-state index in [-0.39, 0.29) is 11.3 Å². The lowest BCUT2D eigenvalue weighted by Gasteiger charge is -2.22. The van der Waals surface area contributed by atoms with E-state index in [0.29, 0.717) is 11.3 Å². The lowest BCUT2D eigenvalue weighted by molar-refractivity contribution is 0.102. The number of carbonyl (C=O) groups excluding carboxylic acids is 1. The molecule has 6 aromatic rings. The van der Waals surface area contributed by atoms with Crippen LogP contribution < -0.4 is 5.32 Å². The maximum absolute atomic E-state index is 13.6. The summed E-state index contributed by atoms with van der Waals surface area (Å²) in [5.74, 6) is 0.694. The highest BCUT2D eigenvalue weighted by Gasteiger charge is 2.20. The monoisotopic (exact) mass is 529 g/mol. The number of imidazole rings is 2. The molecule has 2 aromatic carbocycles. The number of nitrogens with zero attached hydrogens (tertiary/aromatic N) is 6. The molecule has 0 saturated carbocycles. The van der Waals surface area contributed by atoms with Gasteiger partial charge in [-0.25, -0.2) is 14.5 Å². The first-order valence-corrected chi connectivity index (χ1v) is 13.2. The summed E-state index contributed by atoms with van der Waals surface area (Å²) in [5.41, 5.74) is 7.89. The van der Waals surface area contributed by atoms with Crippen LogP contribution in [0.25, 0.3) is 28.3 Å². The van der Waals surface area contributed by atoms with E-state index in [0.717, 1.165) is 45.2 Å². The van der Waals surface area contributed by atoms with Crippen LogP contribution in [0.2, 0.25) is 0 Å². The minimum atomic E-state index is -0.170. The molecule has 0 bridgehead atoms. The van der Waals surface area contributed by atoms with Gasteiger partial charge in [0.25, 0.3) is 5.91 Å². The number of hydrogen-bond donors (Lipinski definition) is 1. The summed E-state index contributed by atoms with van der Waals surface area (Å²) >= 11 is 0. The number of nitrogens with one attached hydrogen (secondary N) is 1. The number of aryl methyl sites for hydroxylation is 2. The van der Waals surface area contributed by atoms with Crippen molar-refractivity contribution in [3.05, 3.63) is 114 Å². The van der Waals surface area contributed by atoms with Crippen LogP contribution in [-0.4, -0.2) is 34.6 Å². The van der Waals surface area contributed by atoms with Crippen LogP contribution in [0, 0.1) is 13.8 Å². The third-order valence-electron chi connectivity index (χ3n) is 7.17. The summed E-state index contributed by atoms with van der Waals surface area (Å²) in [6.07, 6.45) is 11.1. The van der Waals surface area contributed by atoms with Gasteiger partial charge in [0.15, 0.2) is 5.65 Å². The van der Waals surface area contributed by atoms with Crippen molar-refractivity contribution in [3.8, 4) is 22.6 Å². The Labute approximate surface area is 233 Å². The van der Waals surface area contributed by atoms with Crippen molar-refractivity contribution < 1.29 is 4.79 Å². The zero-order chi connectivity index (χ0) is 28.0. The smallest absolute Gasteiger partial charge is 0.255 e. The van der Waals surface area contributed by atoms with Gasteiger partial charge in [-0.1, -0.05) is 26.8 Å². The molecule has 8 nitrogen and oxygen atoms in total. The van der Waals surface area contributed by atoms with Crippen molar-refractivity contribution in [1.82, 2.24) is 28.7 Å². The molecule has 4 aromatic heterocycles. The molecule has 4 heterocycles. The largest absolute Gasteiger partial charge is 0.322 e. The Morgan fingerprint density at radius 3 is 2.48 bits per heavy atom. The fourth-order valence-electron chi connectivity index (χ4n) is 4.91. The molecule has 0 radical (unpaired) electrons. The molecule has 0 saturated heterocycles. The Morgan fingerprint density at radius 1 is 0.900 bits per heavy atom. The average molecular weight is 530 g/mol. The number of benzene rings is 2. The van der Waals surface area contributed by atoms with Crippen molar-refractivity contribution in [3.63, 3.8) is 0 Å². The molecule has 1 amide bonds. The van der Waals surface area contributed by atoms with Crippen molar-refractivity contribution >= 4 is 17.2 Å². The molecule has 0 unspecified atom stereocenters. The SMILES string of the molecule is Cc1ccc(NC(=O)c2cc(-n3ccnc3C)cc(C(C)(C)C)c2)cc1-n1ccc2ncc(-c3cccnc3)n21. The van der Waals surface area contributed by atoms with E-state index in [9.17, 15) is 4.79 Å². The highest BCUT2D eigenvalue weighted by molar-refractivity contribution is 6.05. The quantitative estimate of drug-likeness (QED) is 0.275. The summed E-state index contributed by atoms with van der Waals surface area (Å²) in [6.45, 7) is 10.5. The Hall–Kier alpha value is -4.98. The van der Waals surface area contributed by atoms with Crippen LogP contribution in [0.15, 0.2) is 91.8 Å². The summed E-state index contributed by atoms with van der Waals surface area (Å²) in [7, 11) is 0. The van der Waals surface area contributed by atoms with Crippen molar-refractivity contribution in [2.45, 2.75) is 40.0 Å². The van der Waals surface area contributed by atoms with Crippen LogP contribution in [0.1, 0.15) is 48.1 Å². The van der Waals surface area contributed by atoms with Gasteiger partial charge in [0.05, 0.1) is 17.6 Å². The predicted molar refractivity (Wildman–Crippen MR) is 157 cm³/mol. The zero-order valence-corrected chi connectivity index (χ0v) is 23.3. The van der Waals surface area contributed by atoms with Gasteiger partial charge < -0.3 is 9.88 Å². The Balaban J connectivity index is 1.37. The first-order chi connectivity index (χ1) is 19.2. The van der Waals surface area contributed by atoms with Gasteiger partial charge in [-0.15, -0.1) is 0 Å². The standard InChI is InChI=1S/C32H31N7O/c1-21-8-9-26(18-28(21)38-13-10-30-35-20-29(39(30)38)23-7-6-11-33-19-23)36-31(40)24-15-25(32(3,4)5)17-27(16-24)37-14-12-34-22(37)2/h6-20H,1-5H3,(H,36,40). The normalized spacial score (nSPS) is 11.7. The molecule has 0 aliphatic carbocycles. The van der Waals surface area contributed by atoms with E-state index in [1.54, 1.807) is 12.4 Å². The van der Waals surface area contributed by atoms with Gasteiger partial charge in [-0.05, 0) is 72.9 Å². The fraction of sp³-hybridized carbons (Fsp3) is 0.188. The molecule has 0 aliphatic heterocycles. The number of anilines is 1. The van der Waals surface area contributed by atoms with Crippen LogP contribution in [0.4, 0.5) is 5.69 Å². The third-order valence-corrected chi connectivity index (χ3v) is 7.17. The predicted octanol–water partition coefficient (Wildman–Crippen LogP) is 6.54. The molecule has 6 rings (SSSR count). The first kappa shape index (κ1) is 25.3. The number of aromatic nitrogens is 6. The molecule has 0 fully saturated rings. The zero-order valence-electron chi connectivity index (χ0n) is 23.3. The third kappa shape index (κ3) is 4.58. The highest BCUT2D eigenvalue weighted by atomic mass is 16.1.